The Labute approximate surface area is 136 Å². The summed E-state index contributed by atoms with van der Waals surface area (Å²) in [5.41, 5.74) is 3.56. The number of hydrogen-bond donors (Lipinski definition) is 1. The van der Waals surface area contributed by atoms with Gasteiger partial charge in [-0.2, -0.15) is 5.10 Å². The maximum atomic E-state index is 11.6. The van der Waals surface area contributed by atoms with E-state index in [0.717, 1.165) is 5.01 Å². The van der Waals surface area contributed by atoms with Crippen LogP contribution in [0, 0.1) is 17.0 Å². The van der Waals surface area contributed by atoms with E-state index in [1.54, 1.807) is 24.3 Å². The monoisotopic (exact) mass is 330 g/mol. The van der Waals surface area contributed by atoms with E-state index in [1.165, 1.54) is 29.7 Å². The number of para-hydroxylation sites is 1. The molecule has 7 nitrogen and oxygen atoms in total. The number of carbonyl (C=O) groups is 1. The first kappa shape index (κ1) is 16.5. The Morgan fingerprint density at radius 1 is 1.48 bits per heavy atom. The summed E-state index contributed by atoms with van der Waals surface area (Å²) in [5, 5.41) is 17.3. The van der Waals surface area contributed by atoms with Crippen molar-refractivity contribution in [2.75, 3.05) is 0 Å². The lowest BCUT2D eigenvalue weighted by Gasteiger charge is -1.96. The third-order valence-electron chi connectivity index (χ3n) is 2.77. The molecule has 2 aromatic rings. The molecule has 0 aliphatic rings. The highest BCUT2D eigenvalue weighted by Crippen LogP contribution is 2.18. The van der Waals surface area contributed by atoms with Crippen LogP contribution in [0.5, 0.6) is 0 Å². The molecule has 1 N–H and O–H groups in total. The summed E-state index contributed by atoms with van der Waals surface area (Å²) in [6.45, 7) is 1.87. The van der Waals surface area contributed by atoms with Crippen molar-refractivity contribution in [1.29, 1.82) is 0 Å². The third-order valence-corrected chi connectivity index (χ3v) is 3.59. The maximum Gasteiger partial charge on any atom is 0.276 e. The van der Waals surface area contributed by atoms with Gasteiger partial charge in [-0.15, -0.1) is 11.3 Å². The van der Waals surface area contributed by atoms with Crippen molar-refractivity contribution in [3.8, 4) is 0 Å². The van der Waals surface area contributed by atoms with Gasteiger partial charge in [-0.1, -0.05) is 12.1 Å². The van der Waals surface area contributed by atoms with Gasteiger partial charge in [-0.25, -0.2) is 10.4 Å². The van der Waals surface area contributed by atoms with Gasteiger partial charge in [0.15, 0.2) is 0 Å². The molecule has 0 aliphatic heterocycles. The number of nitrogens with zero attached hydrogens (tertiary/aromatic N) is 3. The summed E-state index contributed by atoms with van der Waals surface area (Å²) < 4.78 is 0. The first-order valence-electron chi connectivity index (χ1n) is 6.69. The maximum absolute atomic E-state index is 11.6. The molecule has 1 aromatic carbocycles. The Morgan fingerprint density at radius 3 is 2.96 bits per heavy atom. The lowest BCUT2D eigenvalue weighted by Crippen LogP contribution is -2.19. The zero-order valence-corrected chi connectivity index (χ0v) is 13.1. The fourth-order valence-corrected chi connectivity index (χ4v) is 2.40. The number of carbonyl (C=O) groups excluding carboxylic acids is 1. The number of rotatable bonds is 6. The van der Waals surface area contributed by atoms with Crippen molar-refractivity contribution in [3.05, 3.63) is 62.1 Å². The highest BCUT2D eigenvalue weighted by molar-refractivity contribution is 7.09. The predicted octanol–water partition coefficient (Wildman–Crippen LogP) is 2.72. The number of aromatic nitrogens is 1. The van der Waals surface area contributed by atoms with Crippen molar-refractivity contribution < 1.29 is 9.72 Å². The van der Waals surface area contributed by atoms with Crippen LogP contribution in [0.1, 0.15) is 16.3 Å². The molecule has 1 aromatic heterocycles. The number of hydrogen-bond acceptors (Lipinski definition) is 6. The molecule has 1 amide bonds. The minimum atomic E-state index is -0.450. The largest absolute Gasteiger partial charge is 0.276 e. The standard InChI is InChI=1S/C15H14N4O3S/c1-11-17-13(10-23-11)9-15(20)18-16-8-4-6-12-5-2-3-7-14(12)19(21)22/h2-8,10H,9H2,1H3,(H,18,20)/b6-4+,16-8-. The first-order chi connectivity index (χ1) is 11.1. The van der Waals surface area contributed by atoms with Crippen LogP contribution >= 0.6 is 11.3 Å². The van der Waals surface area contributed by atoms with Crippen molar-refractivity contribution in [2.45, 2.75) is 13.3 Å². The Bertz CT molecular complexity index is 768. The molecule has 0 bridgehead atoms. The quantitative estimate of drug-likeness (QED) is 0.500. The number of nitrogens with one attached hydrogen (secondary N) is 1. The second-order valence-electron chi connectivity index (χ2n) is 4.52. The fourth-order valence-electron chi connectivity index (χ4n) is 1.79. The van der Waals surface area contributed by atoms with Crippen LogP contribution in [0.25, 0.3) is 6.08 Å². The number of thiazole rings is 1. The van der Waals surface area contributed by atoms with Gasteiger partial charge in [0.25, 0.3) is 5.69 Å². The summed E-state index contributed by atoms with van der Waals surface area (Å²) in [5.74, 6) is -0.273. The molecule has 23 heavy (non-hydrogen) atoms. The molecule has 1 heterocycles. The average Bonchev–Trinajstić information content (AvgIpc) is 2.92. The predicted molar refractivity (Wildman–Crippen MR) is 89.3 cm³/mol. The number of benzene rings is 1. The molecule has 8 heteroatoms. The summed E-state index contributed by atoms with van der Waals surface area (Å²) >= 11 is 1.48. The molecule has 0 unspecified atom stereocenters. The molecule has 0 aliphatic carbocycles. The molecule has 0 radical (unpaired) electrons. The van der Waals surface area contributed by atoms with Gasteiger partial charge in [0.2, 0.25) is 5.91 Å². The van der Waals surface area contributed by atoms with Crippen molar-refractivity contribution >= 4 is 35.2 Å². The molecule has 2 rings (SSSR count). The second-order valence-corrected chi connectivity index (χ2v) is 5.59. The summed E-state index contributed by atoms with van der Waals surface area (Å²) in [6, 6.07) is 6.37. The van der Waals surface area contributed by atoms with Crippen molar-refractivity contribution in [1.82, 2.24) is 10.4 Å². The average molecular weight is 330 g/mol. The van der Waals surface area contributed by atoms with Gasteiger partial charge in [0.05, 0.1) is 27.6 Å². The molecular weight excluding hydrogens is 316 g/mol. The van der Waals surface area contributed by atoms with Crippen LogP contribution in [0.2, 0.25) is 0 Å². The molecule has 0 spiro atoms. The van der Waals surface area contributed by atoms with E-state index in [-0.39, 0.29) is 18.0 Å². The number of amides is 1. The zero-order valence-electron chi connectivity index (χ0n) is 12.3. The van der Waals surface area contributed by atoms with E-state index < -0.39 is 4.92 Å². The molecule has 0 fully saturated rings. The van der Waals surface area contributed by atoms with Gasteiger partial charge in [-0.3, -0.25) is 14.9 Å². The number of allylic oxidation sites excluding steroid dienone is 1. The lowest BCUT2D eigenvalue weighted by molar-refractivity contribution is -0.385. The number of nitro groups is 1. The normalized spacial score (nSPS) is 11.2. The fraction of sp³-hybridized carbons (Fsp3) is 0.133. The number of nitro benzene ring substituents is 1. The molecular formula is C15H14N4O3S. The number of aryl methyl sites for hydroxylation is 1. The molecule has 0 saturated heterocycles. The van der Waals surface area contributed by atoms with Crippen LogP contribution in [-0.4, -0.2) is 22.0 Å². The van der Waals surface area contributed by atoms with Crippen LogP contribution < -0.4 is 5.43 Å². The van der Waals surface area contributed by atoms with Crippen molar-refractivity contribution in [2.24, 2.45) is 5.10 Å². The molecule has 0 atom stereocenters. The summed E-state index contributed by atoms with van der Waals surface area (Å²) in [7, 11) is 0. The first-order valence-corrected chi connectivity index (χ1v) is 7.57. The van der Waals surface area contributed by atoms with E-state index in [1.807, 2.05) is 12.3 Å². The van der Waals surface area contributed by atoms with Crippen molar-refractivity contribution in [3.63, 3.8) is 0 Å². The van der Waals surface area contributed by atoms with E-state index in [4.69, 9.17) is 0 Å². The third kappa shape index (κ3) is 5.11. The Balaban J connectivity index is 1.87. The van der Waals surface area contributed by atoms with Crippen LogP contribution in [-0.2, 0) is 11.2 Å². The Kier molecular flexibility index (Phi) is 5.70. The molecule has 118 valence electrons. The minimum absolute atomic E-state index is 0.0140. The number of hydrazone groups is 1. The van der Waals surface area contributed by atoms with E-state index >= 15 is 0 Å². The van der Waals surface area contributed by atoms with Crippen LogP contribution in [0.4, 0.5) is 5.69 Å². The Morgan fingerprint density at radius 2 is 2.26 bits per heavy atom. The van der Waals surface area contributed by atoms with E-state index in [2.05, 4.69) is 15.5 Å². The van der Waals surface area contributed by atoms with Gasteiger partial charge >= 0.3 is 0 Å². The topological polar surface area (TPSA) is 97.5 Å². The zero-order chi connectivity index (χ0) is 16.7. The van der Waals surface area contributed by atoms with Gasteiger partial charge in [-0.05, 0) is 25.1 Å². The second kappa shape index (κ2) is 7.95. The lowest BCUT2D eigenvalue weighted by atomic mass is 10.2. The molecule has 0 saturated carbocycles. The SMILES string of the molecule is Cc1nc(CC(=O)N/N=C\C=C\c2ccccc2[N+](=O)[O-])cs1. The highest BCUT2D eigenvalue weighted by Gasteiger charge is 2.08. The highest BCUT2D eigenvalue weighted by atomic mass is 32.1. The smallest absolute Gasteiger partial charge is 0.273 e. The summed E-state index contributed by atoms with van der Waals surface area (Å²) in [6.07, 6.45) is 4.60. The van der Waals surface area contributed by atoms with Crippen LogP contribution in [0.3, 0.4) is 0 Å². The van der Waals surface area contributed by atoms with Gasteiger partial charge in [0.1, 0.15) is 0 Å². The van der Waals surface area contributed by atoms with Crippen LogP contribution in [0.15, 0.2) is 40.8 Å². The minimum Gasteiger partial charge on any atom is -0.273 e. The van der Waals surface area contributed by atoms with E-state index in [0.29, 0.717) is 11.3 Å². The van der Waals surface area contributed by atoms with E-state index in [9.17, 15) is 14.9 Å². The van der Waals surface area contributed by atoms with Gasteiger partial charge < -0.3 is 0 Å². The Hall–Kier alpha value is -2.87. The van der Waals surface area contributed by atoms with Gasteiger partial charge in [0, 0.05) is 17.7 Å². The summed E-state index contributed by atoms with van der Waals surface area (Å²) in [4.78, 5) is 26.2.